The van der Waals surface area contributed by atoms with Crippen molar-refractivity contribution in [2.24, 2.45) is 0 Å². The molecule has 0 fully saturated rings. The lowest BCUT2D eigenvalue weighted by atomic mass is 10.3. The molecule has 0 saturated heterocycles. The molecule has 0 aromatic carbocycles. The predicted octanol–water partition coefficient (Wildman–Crippen LogP) is 1.68. The van der Waals surface area contributed by atoms with Crippen molar-refractivity contribution < 1.29 is 19.8 Å². The fraction of sp³-hybridized carbons (Fsp3) is 0.333. The van der Waals surface area contributed by atoms with Crippen molar-refractivity contribution in [1.29, 1.82) is 0 Å². The smallest absolute Gasteiger partial charge is 0.328 e. The molecule has 0 atom stereocenters. The number of aliphatic carboxylic acids is 2. The lowest BCUT2D eigenvalue weighted by molar-refractivity contribution is -0.134. The van der Waals surface area contributed by atoms with E-state index in [-0.39, 0.29) is 0 Å². The van der Waals surface area contributed by atoms with Gasteiger partial charge in [-0.05, 0) is 6.42 Å². The molecule has 0 heterocycles. The van der Waals surface area contributed by atoms with Gasteiger partial charge in [-0.2, -0.15) is 0 Å². The second-order valence-electron chi connectivity index (χ2n) is 2.09. The Morgan fingerprint density at radius 3 is 1.69 bits per heavy atom. The topological polar surface area (TPSA) is 74.6 Å². The monoisotopic (exact) mass is 186 g/mol. The van der Waals surface area contributed by atoms with Crippen molar-refractivity contribution in [3.05, 3.63) is 24.8 Å². The summed E-state index contributed by atoms with van der Waals surface area (Å²) < 4.78 is 0. The van der Waals surface area contributed by atoms with Crippen molar-refractivity contribution in [3.8, 4) is 0 Å². The van der Waals surface area contributed by atoms with E-state index in [1.54, 1.807) is 0 Å². The van der Waals surface area contributed by atoms with Crippen LogP contribution in [0.2, 0.25) is 0 Å². The molecule has 0 aliphatic heterocycles. The maximum absolute atomic E-state index is 9.55. The van der Waals surface area contributed by atoms with Crippen LogP contribution in [0.3, 0.4) is 0 Å². The number of allylic oxidation sites excluding steroid dienone is 1. The molecule has 0 saturated carbocycles. The molecule has 0 rings (SSSR count). The highest BCUT2D eigenvalue weighted by atomic mass is 16.4. The van der Waals surface area contributed by atoms with Gasteiger partial charge in [0, 0.05) is 12.2 Å². The number of carboxylic acid groups (broad SMARTS) is 2. The molecular weight excluding hydrogens is 172 g/mol. The van der Waals surface area contributed by atoms with E-state index in [4.69, 9.17) is 10.2 Å². The number of hydrogen-bond acceptors (Lipinski definition) is 2. The maximum Gasteiger partial charge on any atom is 0.328 e. The second kappa shape index (κ2) is 10.4. The van der Waals surface area contributed by atoms with Crippen LogP contribution in [-0.4, -0.2) is 22.2 Å². The third-order valence-corrected chi connectivity index (χ3v) is 0.861. The van der Waals surface area contributed by atoms with Crippen molar-refractivity contribution >= 4 is 11.9 Å². The molecule has 74 valence electrons. The zero-order valence-electron chi connectivity index (χ0n) is 7.56. The van der Waals surface area contributed by atoms with E-state index in [1.807, 2.05) is 6.08 Å². The number of unbranched alkanes of at least 4 members (excludes halogenated alkanes) is 1. The van der Waals surface area contributed by atoms with Crippen molar-refractivity contribution in [1.82, 2.24) is 0 Å². The molecule has 4 nitrogen and oxygen atoms in total. The lowest BCUT2D eigenvalue weighted by Crippen LogP contribution is -1.91. The molecule has 0 radical (unpaired) electrons. The molecule has 4 heteroatoms. The molecule has 0 unspecified atom stereocenters. The molecule has 0 amide bonds. The first-order valence-corrected chi connectivity index (χ1v) is 3.79. The molecule has 2 N–H and O–H groups in total. The van der Waals surface area contributed by atoms with Crippen LogP contribution in [0.25, 0.3) is 0 Å². The largest absolute Gasteiger partial charge is 0.478 e. The van der Waals surface area contributed by atoms with Gasteiger partial charge < -0.3 is 10.2 Å². The summed E-state index contributed by atoms with van der Waals surface area (Å²) in [5, 5.41) is 15.6. The lowest BCUT2D eigenvalue weighted by Gasteiger charge is -1.74. The van der Waals surface area contributed by atoms with Crippen LogP contribution in [0.4, 0.5) is 0 Å². The zero-order chi connectivity index (χ0) is 10.7. The number of hydrogen-bond donors (Lipinski definition) is 2. The van der Waals surface area contributed by atoms with E-state index in [1.165, 1.54) is 6.42 Å². The van der Waals surface area contributed by atoms with E-state index < -0.39 is 11.9 Å². The molecule has 0 aromatic rings. The van der Waals surface area contributed by atoms with E-state index in [0.717, 1.165) is 6.42 Å². The van der Waals surface area contributed by atoms with Gasteiger partial charge in [-0.25, -0.2) is 9.59 Å². The van der Waals surface area contributed by atoms with Crippen LogP contribution >= 0.6 is 0 Å². The van der Waals surface area contributed by atoms with E-state index in [9.17, 15) is 9.59 Å². The maximum atomic E-state index is 9.55. The SMILES string of the molecule is C=CCCC.O=C(O)/C=C\C(=O)O. The van der Waals surface area contributed by atoms with Crippen molar-refractivity contribution in [2.75, 3.05) is 0 Å². The molecule has 0 aromatic heterocycles. The summed E-state index contributed by atoms with van der Waals surface area (Å²) in [4.78, 5) is 19.1. The summed E-state index contributed by atoms with van der Waals surface area (Å²) >= 11 is 0. The van der Waals surface area contributed by atoms with Crippen molar-refractivity contribution in [3.63, 3.8) is 0 Å². The van der Waals surface area contributed by atoms with E-state index in [0.29, 0.717) is 12.2 Å². The first-order chi connectivity index (χ1) is 6.04. The highest BCUT2D eigenvalue weighted by Crippen LogP contribution is 1.82. The minimum absolute atomic E-state index is 0.558. The normalized spacial score (nSPS) is 8.69. The van der Waals surface area contributed by atoms with Gasteiger partial charge in [0.25, 0.3) is 0 Å². The minimum Gasteiger partial charge on any atom is -0.478 e. The fourth-order valence-corrected chi connectivity index (χ4v) is 0.347. The molecule has 13 heavy (non-hydrogen) atoms. The third kappa shape index (κ3) is 25.1. The summed E-state index contributed by atoms with van der Waals surface area (Å²) in [6, 6.07) is 0. The molecule has 0 aliphatic rings. The summed E-state index contributed by atoms with van der Waals surface area (Å²) in [5.74, 6) is -2.51. The quantitative estimate of drug-likeness (QED) is 0.517. The first-order valence-electron chi connectivity index (χ1n) is 3.79. The first kappa shape index (κ1) is 14.0. The van der Waals surface area contributed by atoms with Crippen LogP contribution < -0.4 is 0 Å². The highest BCUT2D eigenvalue weighted by molar-refractivity contribution is 5.89. The Kier molecular flexibility index (Phi) is 11.2. The van der Waals surface area contributed by atoms with Gasteiger partial charge >= 0.3 is 11.9 Å². The summed E-state index contributed by atoms with van der Waals surface area (Å²) in [7, 11) is 0. The molecular formula is C9H14O4. The zero-order valence-corrected chi connectivity index (χ0v) is 7.56. The van der Waals surface area contributed by atoms with Gasteiger partial charge in [0.1, 0.15) is 0 Å². The Bertz CT molecular complexity index is 178. The van der Waals surface area contributed by atoms with Crippen LogP contribution in [0.5, 0.6) is 0 Å². The minimum atomic E-state index is -1.26. The van der Waals surface area contributed by atoms with Gasteiger partial charge in [0.05, 0.1) is 0 Å². The standard InChI is InChI=1S/C5H10.C4H4O4/c1-3-5-4-2;5-3(6)1-2-4(7)8/h3H,1,4-5H2,2H3;1-2H,(H,5,6)(H,7,8)/b;2-1-. The predicted molar refractivity (Wildman–Crippen MR) is 49.5 cm³/mol. The second-order valence-corrected chi connectivity index (χ2v) is 2.09. The highest BCUT2D eigenvalue weighted by Gasteiger charge is 1.88. The number of carboxylic acids is 2. The molecule has 0 aliphatic carbocycles. The van der Waals surface area contributed by atoms with Gasteiger partial charge in [0.15, 0.2) is 0 Å². The van der Waals surface area contributed by atoms with Gasteiger partial charge in [-0.1, -0.05) is 19.4 Å². The summed E-state index contributed by atoms with van der Waals surface area (Å²) in [6.45, 7) is 5.69. The molecule has 0 spiro atoms. The Hall–Kier alpha value is -1.58. The Morgan fingerprint density at radius 2 is 1.62 bits per heavy atom. The number of rotatable bonds is 4. The fourth-order valence-electron chi connectivity index (χ4n) is 0.347. The Morgan fingerprint density at radius 1 is 1.23 bits per heavy atom. The van der Waals surface area contributed by atoms with Crippen molar-refractivity contribution in [2.45, 2.75) is 19.8 Å². The number of carbonyl (C=O) groups is 2. The van der Waals surface area contributed by atoms with Gasteiger partial charge in [-0.3, -0.25) is 0 Å². The van der Waals surface area contributed by atoms with E-state index >= 15 is 0 Å². The Labute approximate surface area is 77.2 Å². The summed E-state index contributed by atoms with van der Waals surface area (Å²) in [5.41, 5.74) is 0. The van der Waals surface area contributed by atoms with Crippen LogP contribution in [0, 0.1) is 0 Å². The molecule has 0 bridgehead atoms. The van der Waals surface area contributed by atoms with Crippen LogP contribution in [0.1, 0.15) is 19.8 Å². The van der Waals surface area contributed by atoms with E-state index in [2.05, 4.69) is 13.5 Å². The van der Waals surface area contributed by atoms with Crippen LogP contribution in [-0.2, 0) is 9.59 Å². The summed E-state index contributed by atoms with van der Waals surface area (Å²) in [6.07, 6.45) is 5.42. The third-order valence-electron chi connectivity index (χ3n) is 0.861. The van der Waals surface area contributed by atoms with Crippen LogP contribution in [0.15, 0.2) is 24.8 Å². The van der Waals surface area contributed by atoms with Gasteiger partial charge in [-0.15, -0.1) is 6.58 Å². The van der Waals surface area contributed by atoms with Gasteiger partial charge in [0.2, 0.25) is 0 Å². The Balaban J connectivity index is 0. The average molecular weight is 186 g/mol. The average Bonchev–Trinajstić information content (AvgIpc) is 2.03.